The highest BCUT2D eigenvalue weighted by Crippen LogP contribution is 2.29. The van der Waals surface area contributed by atoms with Crippen molar-refractivity contribution in [3.63, 3.8) is 0 Å². The van der Waals surface area contributed by atoms with Crippen molar-refractivity contribution in [3.8, 4) is 11.3 Å². The number of benzene rings is 1. The fraction of sp³-hybridized carbons (Fsp3) is 0.389. The fourth-order valence-electron chi connectivity index (χ4n) is 2.89. The van der Waals surface area contributed by atoms with Gasteiger partial charge < -0.3 is 10.2 Å². The van der Waals surface area contributed by atoms with Gasteiger partial charge in [-0.2, -0.15) is 0 Å². The van der Waals surface area contributed by atoms with E-state index in [1.807, 2.05) is 0 Å². The molecule has 3 rings (SSSR count). The number of nitrogens with zero attached hydrogens (tertiary/aromatic N) is 3. The average molecular weight is 398 g/mol. The van der Waals surface area contributed by atoms with Crippen molar-refractivity contribution in [3.05, 3.63) is 42.3 Å². The molecule has 0 spiro atoms. The quantitative estimate of drug-likeness (QED) is 0.784. The Labute approximate surface area is 158 Å². The number of alkyl halides is 3. The number of carbonyl (C=O) groups excluding carboxylic acids is 1. The number of ether oxygens (including phenoxy) is 1. The minimum atomic E-state index is -4.73. The van der Waals surface area contributed by atoms with Gasteiger partial charge in [-0.15, -0.1) is 13.2 Å². The Bertz CT molecular complexity index is 844. The van der Waals surface area contributed by atoms with Crippen LogP contribution in [0.25, 0.3) is 11.3 Å². The summed E-state index contributed by atoms with van der Waals surface area (Å²) in [6.45, 7) is 2.93. The molecule has 3 atom stereocenters. The molecule has 1 aliphatic rings. The molecule has 1 amide bonds. The lowest BCUT2D eigenvalue weighted by molar-refractivity contribution is -0.359. The van der Waals surface area contributed by atoms with Gasteiger partial charge in [-0.1, -0.05) is 0 Å². The molecule has 0 radical (unpaired) electrons. The number of likely N-dealkylation sites (tertiary alicyclic amines) is 1. The molecular formula is C18H18F4N4O2. The first-order valence-electron chi connectivity index (χ1n) is 8.54. The predicted molar refractivity (Wildman–Crippen MR) is 92.6 cm³/mol. The van der Waals surface area contributed by atoms with Gasteiger partial charge in [0.1, 0.15) is 18.0 Å². The molecule has 1 N–H and O–H groups in total. The number of anilines is 1. The summed E-state index contributed by atoms with van der Waals surface area (Å²) in [6.07, 6.45) is -4.31. The van der Waals surface area contributed by atoms with E-state index < -0.39 is 24.6 Å². The van der Waals surface area contributed by atoms with Gasteiger partial charge in [-0.3, -0.25) is 9.53 Å². The number of amides is 1. The highest BCUT2D eigenvalue weighted by atomic mass is 19.4. The van der Waals surface area contributed by atoms with Gasteiger partial charge in [0.25, 0.3) is 0 Å². The van der Waals surface area contributed by atoms with E-state index in [1.54, 1.807) is 25.1 Å². The third-order valence-electron chi connectivity index (χ3n) is 4.49. The lowest BCUT2D eigenvalue weighted by Gasteiger charge is -2.46. The third-order valence-corrected chi connectivity index (χ3v) is 4.49. The first-order valence-corrected chi connectivity index (χ1v) is 8.54. The zero-order valence-corrected chi connectivity index (χ0v) is 15.1. The molecule has 1 aromatic heterocycles. The number of halogens is 4. The van der Waals surface area contributed by atoms with E-state index in [9.17, 15) is 22.4 Å². The normalized spacial score (nSPS) is 20.4. The predicted octanol–water partition coefficient (Wildman–Crippen LogP) is 3.22. The van der Waals surface area contributed by atoms with Gasteiger partial charge in [0, 0.05) is 18.3 Å². The number of hydrogen-bond acceptors (Lipinski definition) is 5. The zero-order chi connectivity index (χ0) is 20.5. The molecule has 2 aromatic rings. The molecule has 1 aromatic carbocycles. The second-order valence-corrected chi connectivity index (χ2v) is 6.47. The van der Waals surface area contributed by atoms with Gasteiger partial charge in [0.2, 0.25) is 11.9 Å². The van der Waals surface area contributed by atoms with Crippen molar-refractivity contribution in [1.29, 1.82) is 0 Å². The van der Waals surface area contributed by atoms with E-state index in [1.165, 1.54) is 30.2 Å². The molecule has 150 valence electrons. The second-order valence-electron chi connectivity index (χ2n) is 6.47. The monoisotopic (exact) mass is 398 g/mol. The Balaban J connectivity index is 1.62. The minimum Gasteiger partial charge on any atom is -0.343 e. The lowest BCUT2D eigenvalue weighted by Crippen LogP contribution is -2.65. The standard InChI is InChI=1S/C18H18F4N4O2/c1-10(16(27)26-9-15(11(26)2)28-18(20,21)22)24-17-23-8-7-14(25-17)12-3-5-13(19)6-4-12/h3-8,10-11,15H,9H2,1-2H3,(H,23,24,25)/t10-,11+,15+/m1/s1. The van der Waals surface area contributed by atoms with Gasteiger partial charge >= 0.3 is 6.36 Å². The zero-order valence-electron chi connectivity index (χ0n) is 15.1. The van der Waals surface area contributed by atoms with Crippen molar-refractivity contribution < 1.29 is 27.1 Å². The smallest absolute Gasteiger partial charge is 0.343 e. The molecule has 10 heteroatoms. The van der Waals surface area contributed by atoms with Crippen LogP contribution >= 0.6 is 0 Å². The van der Waals surface area contributed by atoms with Gasteiger partial charge in [0.05, 0.1) is 11.7 Å². The highest BCUT2D eigenvalue weighted by molar-refractivity contribution is 5.85. The number of nitrogens with one attached hydrogen (secondary N) is 1. The second kappa shape index (κ2) is 7.70. The Kier molecular flexibility index (Phi) is 5.50. The molecule has 0 unspecified atom stereocenters. The topological polar surface area (TPSA) is 67.4 Å². The molecular weight excluding hydrogens is 380 g/mol. The van der Waals surface area contributed by atoms with E-state index in [-0.39, 0.29) is 24.2 Å². The van der Waals surface area contributed by atoms with E-state index in [0.29, 0.717) is 11.3 Å². The maximum Gasteiger partial charge on any atom is 0.522 e. The van der Waals surface area contributed by atoms with E-state index in [0.717, 1.165) is 0 Å². The molecule has 0 aliphatic carbocycles. The molecule has 2 heterocycles. The van der Waals surface area contributed by atoms with E-state index >= 15 is 0 Å². The summed E-state index contributed by atoms with van der Waals surface area (Å²) < 4.78 is 53.9. The van der Waals surface area contributed by atoms with Crippen molar-refractivity contribution in [2.24, 2.45) is 0 Å². The summed E-state index contributed by atoms with van der Waals surface area (Å²) in [5.41, 5.74) is 1.21. The minimum absolute atomic E-state index is 0.137. The fourth-order valence-corrected chi connectivity index (χ4v) is 2.89. The van der Waals surface area contributed by atoms with Crippen LogP contribution in [0.3, 0.4) is 0 Å². The van der Waals surface area contributed by atoms with Crippen LogP contribution in [0.2, 0.25) is 0 Å². The average Bonchev–Trinajstić information content (AvgIpc) is 2.64. The first-order chi connectivity index (χ1) is 13.1. The summed E-state index contributed by atoms with van der Waals surface area (Å²) in [7, 11) is 0. The lowest BCUT2D eigenvalue weighted by atomic mass is 10.00. The van der Waals surface area contributed by atoms with Crippen LogP contribution in [0.15, 0.2) is 36.5 Å². The molecule has 0 bridgehead atoms. The Morgan fingerprint density at radius 2 is 1.96 bits per heavy atom. The van der Waals surface area contributed by atoms with Crippen molar-refractivity contribution in [1.82, 2.24) is 14.9 Å². The SMILES string of the molecule is C[C@@H](Nc1nccc(-c2ccc(F)cc2)n1)C(=O)N1C[C@H](OC(F)(F)F)[C@@H]1C. The van der Waals surface area contributed by atoms with Gasteiger partial charge in [0.15, 0.2) is 0 Å². The summed E-state index contributed by atoms with van der Waals surface area (Å²) in [6, 6.07) is 5.95. The number of carbonyl (C=O) groups is 1. The van der Waals surface area contributed by atoms with Crippen LogP contribution in [0.4, 0.5) is 23.5 Å². The van der Waals surface area contributed by atoms with Crippen molar-refractivity contribution in [2.75, 3.05) is 11.9 Å². The van der Waals surface area contributed by atoms with E-state index in [4.69, 9.17) is 0 Å². The molecule has 0 saturated carbocycles. The van der Waals surface area contributed by atoms with Crippen LogP contribution in [-0.4, -0.2) is 51.9 Å². The summed E-state index contributed by atoms with van der Waals surface area (Å²) in [5, 5.41) is 2.85. The first kappa shape index (κ1) is 20.0. The van der Waals surface area contributed by atoms with Crippen LogP contribution in [-0.2, 0) is 9.53 Å². The molecule has 6 nitrogen and oxygen atoms in total. The molecule has 1 fully saturated rings. The number of rotatable bonds is 5. The Morgan fingerprint density at radius 1 is 1.29 bits per heavy atom. The maximum atomic E-state index is 13.0. The van der Waals surface area contributed by atoms with Crippen LogP contribution in [0.5, 0.6) is 0 Å². The maximum absolute atomic E-state index is 13.0. The number of aromatic nitrogens is 2. The number of hydrogen-bond donors (Lipinski definition) is 1. The van der Waals surface area contributed by atoms with Crippen LogP contribution < -0.4 is 5.32 Å². The molecule has 1 saturated heterocycles. The molecule has 28 heavy (non-hydrogen) atoms. The van der Waals surface area contributed by atoms with E-state index in [2.05, 4.69) is 20.0 Å². The van der Waals surface area contributed by atoms with Crippen molar-refractivity contribution in [2.45, 2.75) is 38.4 Å². The van der Waals surface area contributed by atoms with Crippen LogP contribution in [0.1, 0.15) is 13.8 Å². The third kappa shape index (κ3) is 4.56. The van der Waals surface area contributed by atoms with Crippen molar-refractivity contribution >= 4 is 11.9 Å². The van der Waals surface area contributed by atoms with Gasteiger partial charge in [-0.05, 0) is 44.2 Å². The summed E-state index contributed by atoms with van der Waals surface area (Å²) >= 11 is 0. The van der Waals surface area contributed by atoms with Gasteiger partial charge in [-0.25, -0.2) is 14.4 Å². The summed E-state index contributed by atoms with van der Waals surface area (Å²) in [4.78, 5) is 22.1. The largest absolute Gasteiger partial charge is 0.522 e. The molecule has 1 aliphatic heterocycles. The Morgan fingerprint density at radius 3 is 2.57 bits per heavy atom. The van der Waals surface area contributed by atoms with Crippen LogP contribution in [0, 0.1) is 5.82 Å². The Hall–Kier alpha value is -2.75. The highest BCUT2D eigenvalue weighted by Gasteiger charge is 2.46. The summed E-state index contributed by atoms with van der Waals surface area (Å²) in [5.74, 6) is -0.573.